The van der Waals surface area contributed by atoms with Gasteiger partial charge in [0.1, 0.15) is 5.75 Å². The summed E-state index contributed by atoms with van der Waals surface area (Å²) in [6.45, 7) is 9.63. The molecule has 2 atom stereocenters. The molecule has 96 valence electrons. The second-order valence-corrected chi connectivity index (χ2v) is 4.62. The highest BCUT2D eigenvalue weighted by Gasteiger charge is 2.08. The summed E-state index contributed by atoms with van der Waals surface area (Å²) in [4.78, 5) is 0. The summed E-state index contributed by atoms with van der Waals surface area (Å²) in [6.07, 6.45) is 2.35. The zero-order chi connectivity index (χ0) is 12.7. The molecule has 2 heteroatoms. The van der Waals surface area contributed by atoms with Crippen molar-refractivity contribution in [2.24, 2.45) is 0 Å². The van der Waals surface area contributed by atoms with Crippen LogP contribution in [0.3, 0.4) is 0 Å². The smallest absolute Gasteiger partial charge is 0.119 e. The van der Waals surface area contributed by atoms with Gasteiger partial charge < -0.3 is 10.1 Å². The normalized spacial score (nSPS) is 14.4. The van der Waals surface area contributed by atoms with Gasteiger partial charge >= 0.3 is 0 Å². The molecule has 0 saturated heterocycles. The summed E-state index contributed by atoms with van der Waals surface area (Å²) < 4.78 is 5.89. The van der Waals surface area contributed by atoms with Crippen LogP contribution in [0.2, 0.25) is 0 Å². The topological polar surface area (TPSA) is 21.3 Å². The molecule has 0 aliphatic carbocycles. The SMILES string of the molecule is CCNC(C)CC(C)Oc1ccc(CC)cc1. The molecule has 2 nitrogen and oxygen atoms in total. The lowest BCUT2D eigenvalue weighted by Crippen LogP contribution is -2.30. The largest absolute Gasteiger partial charge is 0.491 e. The number of ether oxygens (including phenoxy) is 1. The molecule has 1 N–H and O–H groups in total. The number of rotatable bonds is 7. The Morgan fingerprint density at radius 3 is 2.29 bits per heavy atom. The van der Waals surface area contributed by atoms with Gasteiger partial charge in [-0.25, -0.2) is 0 Å². The summed E-state index contributed by atoms with van der Waals surface area (Å²) >= 11 is 0. The van der Waals surface area contributed by atoms with Crippen molar-refractivity contribution in [2.75, 3.05) is 6.54 Å². The fourth-order valence-electron chi connectivity index (χ4n) is 2.01. The molecular formula is C15H25NO. The van der Waals surface area contributed by atoms with Crippen LogP contribution in [-0.4, -0.2) is 18.7 Å². The van der Waals surface area contributed by atoms with Crippen molar-refractivity contribution in [3.8, 4) is 5.75 Å². The maximum Gasteiger partial charge on any atom is 0.119 e. The quantitative estimate of drug-likeness (QED) is 0.782. The van der Waals surface area contributed by atoms with E-state index in [1.54, 1.807) is 0 Å². The number of aryl methyl sites for hydroxylation is 1. The van der Waals surface area contributed by atoms with E-state index in [0.717, 1.165) is 25.1 Å². The molecule has 0 saturated carbocycles. The van der Waals surface area contributed by atoms with Crippen LogP contribution in [0.1, 0.15) is 39.7 Å². The van der Waals surface area contributed by atoms with E-state index in [1.165, 1.54) is 5.56 Å². The Morgan fingerprint density at radius 2 is 1.76 bits per heavy atom. The van der Waals surface area contributed by atoms with E-state index in [0.29, 0.717) is 6.04 Å². The average Bonchev–Trinajstić information content (AvgIpc) is 2.30. The van der Waals surface area contributed by atoms with E-state index >= 15 is 0 Å². The summed E-state index contributed by atoms with van der Waals surface area (Å²) in [5, 5.41) is 3.40. The van der Waals surface area contributed by atoms with Gasteiger partial charge in [-0.15, -0.1) is 0 Å². The van der Waals surface area contributed by atoms with Crippen molar-refractivity contribution in [3.05, 3.63) is 29.8 Å². The Balaban J connectivity index is 2.41. The number of hydrogen-bond acceptors (Lipinski definition) is 2. The molecule has 0 heterocycles. The molecule has 0 aromatic heterocycles. The molecule has 0 amide bonds. The van der Waals surface area contributed by atoms with Crippen molar-refractivity contribution in [3.63, 3.8) is 0 Å². The highest BCUT2D eigenvalue weighted by molar-refractivity contribution is 5.27. The van der Waals surface area contributed by atoms with Gasteiger partial charge in [-0.3, -0.25) is 0 Å². The standard InChI is InChI=1S/C15H25NO/c1-5-14-7-9-15(10-8-14)17-13(4)11-12(3)16-6-2/h7-10,12-13,16H,5-6,11H2,1-4H3. The van der Waals surface area contributed by atoms with Crippen LogP contribution < -0.4 is 10.1 Å². The van der Waals surface area contributed by atoms with Crippen LogP contribution in [0.15, 0.2) is 24.3 Å². The lowest BCUT2D eigenvalue weighted by Gasteiger charge is -2.19. The van der Waals surface area contributed by atoms with Gasteiger partial charge in [-0.1, -0.05) is 26.0 Å². The summed E-state index contributed by atoms with van der Waals surface area (Å²) in [7, 11) is 0. The van der Waals surface area contributed by atoms with Gasteiger partial charge in [0, 0.05) is 6.04 Å². The fourth-order valence-corrected chi connectivity index (χ4v) is 2.01. The minimum atomic E-state index is 0.247. The number of hydrogen-bond donors (Lipinski definition) is 1. The highest BCUT2D eigenvalue weighted by Crippen LogP contribution is 2.15. The van der Waals surface area contributed by atoms with Crippen LogP contribution in [0.4, 0.5) is 0 Å². The third kappa shape index (κ3) is 5.22. The average molecular weight is 235 g/mol. The maximum absolute atomic E-state index is 5.89. The molecule has 0 aliphatic rings. The third-order valence-corrected chi connectivity index (χ3v) is 2.91. The Hall–Kier alpha value is -1.02. The van der Waals surface area contributed by atoms with E-state index in [9.17, 15) is 0 Å². The Kier molecular flexibility index (Phi) is 6.06. The van der Waals surface area contributed by atoms with Crippen LogP contribution in [-0.2, 0) is 6.42 Å². The highest BCUT2D eigenvalue weighted by atomic mass is 16.5. The van der Waals surface area contributed by atoms with Crippen molar-refractivity contribution in [1.29, 1.82) is 0 Å². The first-order valence-electron chi connectivity index (χ1n) is 6.64. The zero-order valence-corrected chi connectivity index (χ0v) is 11.5. The number of benzene rings is 1. The molecule has 2 unspecified atom stereocenters. The van der Waals surface area contributed by atoms with E-state index in [-0.39, 0.29) is 6.10 Å². The van der Waals surface area contributed by atoms with Gasteiger partial charge in [-0.2, -0.15) is 0 Å². The lowest BCUT2D eigenvalue weighted by molar-refractivity contribution is 0.196. The van der Waals surface area contributed by atoms with Crippen molar-refractivity contribution >= 4 is 0 Å². The molecule has 0 fully saturated rings. The third-order valence-electron chi connectivity index (χ3n) is 2.91. The number of nitrogens with one attached hydrogen (secondary N) is 1. The first-order valence-corrected chi connectivity index (χ1v) is 6.64. The first-order chi connectivity index (χ1) is 8.15. The van der Waals surface area contributed by atoms with Gasteiger partial charge in [0.25, 0.3) is 0 Å². The lowest BCUT2D eigenvalue weighted by atomic mass is 10.1. The molecular weight excluding hydrogens is 210 g/mol. The summed E-state index contributed by atoms with van der Waals surface area (Å²) in [6, 6.07) is 8.90. The second kappa shape index (κ2) is 7.33. The minimum Gasteiger partial charge on any atom is -0.491 e. The van der Waals surface area contributed by atoms with E-state index in [4.69, 9.17) is 4.74 Å². The molecule has 0 aliphatic heterocycles. The predicted molar refractivity (Wildman–Crippen MR) is 73.7 cm³/mol. The molecule has 17 heavy (non-hydrogen) atoms. The molecule has 1 rings (SSSR count). The summed E-state index contributed by atoms with van der Waals surface area (Å²) in [5.74, 6) is 0.971. The van der Waals surface area contributed by atoms with E-state index in [2.05, 4.69) is 57.3 Å². The second-order valence-electron chi connectivity index (χ2n) is 4.62. The van der Waals surface area contributed by atoms with Gasteiger partial charge in [0.15, 0.2) is 0 Å². The van der Waals surface area contributed by atoms with Crippen LogP contribution >= 0.6 is 0 Å². The van der Waals surface area contributed by atoms with Crippen LogP contribution in [0.25, 0.3) is 0 Å². The molecule has 1 aromatic carbocycles. The van der Waals surface area contributed by atoms with Crippen molar-refractivity contribution in [2.45, 2.75) is 52.7 Å². The molecule has 0 spiro atoms. The van der Waals surface area contributed by atoms with E-state index in [1.807, 2.05) is 0 Å². The van der Waals surface area contributed by atoms with Gasteiger partial charge in [0.05, 0.1) is 6.10 Å². The van der Waals surface area contributed by atoms with E-state index < -0.39 is 0 Å². The molecule has 0 radical (unpaired) electrons. The predicted octanol–water partition coefficient (Wildman–Crippen LogP) is 3.40. The van der Waals surface area contributed by atoms with Crippen molar-refractivity contribution in [1.82, 2.24) is 5.32 Å². The van der Waals surface area contributed by atoms with Gasteiger partial charge in [0.2, 0.25) is 0 Å². The van der Waals surface area contributed by atoms with Gasteiger partial charge in [-0.05, 0) is 50.9 Å². The molecule has 1 aromatic rings. The molecule has 0 bridgehead atoms. The monoisotopic (exact) mass is 235 g/mol. The Morgan fingerprint density at radius 1 is 1.12 bits per heavy atom. The first kappa shape index (κ1) is 14.0. The van der Waals surface area contributed by atoms with Crippen LogP contribution in [0.5, 0.6) is 5.75 Å². The summed E-state index contributed by atoms with van der Waals surface area (Å²) in [5.41, 5.74) is 1.35. The Bertz CT molecular complexity index is 307. The van der Waals surface area contributed by atoms with Crippen molar-refractivity contribution < 1.29 is 4.74 Å². The maximum atomic E-state index is 5.89. The fraction of sp³-hybridized carbons (Fsp3) is 0.600. The minimum absolute atomic E-state index is 0.247. The Labute approximate surface area is 105 Å². The van der Waals surface area contributed by atoms with Crippen LogP contribution in [0, 0.1) is 0 Å². The zero-order valence-electron chi connectivity index (χ0n) is 11.5.